The van der Waals surface area contributed by atoms with Crippen molar-refractivity contribution < 1.29 is 8.78 Å². The summed E-state index contributed by atoms with van der Waals surface area (Å²) in [5.74, 6) is -1.13. The van der Waals surface area contributed by atoms with Crippen molar-refractivity contribution in [1.29, 1.82) is 0 Å². The predicted molar refractivity (Wildman–Crippen MR) is 64.5 cm³/mol. The highest BCUT2D eigenvalue weighted by atomic mass is 19.1. The number of benzene rings is 2. The molecule has 88 valence electrons. The topological polar surface area (TPSA) is 38.0 Å². The summed E-state index contributed by atoms with van der Waals surface area (Å²) in [6.45, 7) is 0.0622. The van der Waals surface area contributed by atoms with Gasteiger partial charge < -0.3 is 11.1 Å². The zero-order chi connectivity index (χ0) is 12.3. The van der Waals surface area contributed by atoms with Crippen LogP contribution in [0.5, 0.6) is 0 Å². The maximum atomic E-state index is 13.3. The second kappa shape index (κ2) is 4.82. The monoisotopic (exact) mass is 234 g/mol. The Labute approximate surface area is 98.1 Å². The first-order chi connectivity index (χ1) is 8.18. The molecule has 0 atom stereocenters. The Morgan fingerprint density at radius 2 is 1.59 bits per heavy atom. The zero-order valence-corrected chi connectivity index (χ0v) is 9.08. The first kappa shape index (κ1) is 11.4. The lowest BCUT2D eigenvalue weighted by atomic mass is 10.2. The fourth-order valence-corrected chi connectivity index (χ4v) is 1.54. The van der Waals surface area contributed by atoms with Crippen LogP contribution < -0.4 is 11.1 Å². The zero-order valence-electron chi connectivity index (χ0n) is 9.08. The predicted octanol–water partition coefficient (Wildman–Crippen LogP) is 3.16. The van der Waals surface area contributed by atoms with Crippen molar-refractivity contribution in [2.75, 3.05) is 11.1 Å². The van der Waals surface area contributed by atoms with Crippen molar-refractivity contribution in [1.82, 2.24) is 0 Å². The molecule has 0 saturated heterocycles. The Kier molecular flexibility index (Phi) is 3.23. The van der Waals surface area contributed by atoms with E-state index in [0.717, 1.165) is 0 Å². The Bertz CT molecular complexity index is 506. The van der Waals surface area contributed by atoms with Crippen molar-refractivity contribution in [2.24, 2.45) is 0 Å². The van der Waals surface area contributed by atoms with E-state index in [1.807, 2.05) is 0 Å². The van der Waals surface area contributed by atoms with E-state index in [-0.39, 0.29) is 12.1 Å². The van der Waals surface area contributed by atoms with Crippen LogP contribution in [0.4, 0.5) is 20.2 Å². The fourth-order valence-electron chi connectivity index (χ4n) is 1.54. The summed E-state index contributed by atoms with van der Waals surface area (Å²) in [5.41, 5.74) is 6.93. The van der Waals surface area contributed by atoms with Gasteiger partial charge in [0.25, 0.3) is 0 Å². The van der Waals surface area contributed by atoms with Crippen molar-refractivity contribution in [3.8, 4) is 0 Å². The molecule has 0 unspecified atom stereocenters. The van der Waals surface area contributed by atoms with Gasteiger partial charge in [-0.25, -0.2) is 8.78 Å². The van der Waals surface area contributed by atoms with Crippen molar-refractivity contribution in [2.45, 2.75) is 6.54 Å². The summed E-state index contributed by atoms with van der Waals surface area (Å²) in [4.78, 5) is 0. The van der Waals surface area contributed by atoms with Crippen LogP contribution in [0, 0.1) is 11.6 Å². The van der Waals surface area contributed by atoms with Crippen LogP contribution in [-0.2, 0) is 6.54 Å². The standard InChI is InChI=1S/C13H12F2N2/c14-10-4-3-5-11(15)9(10)8-17-13-7-2-1-6-12(13)16/h1-7,17H,8,16H2. The van der Waals surface area contributed by atoms with Crippen molar-refractivity contribution >= 4 is 11.4 Å². The molecule has 0 heterocycles. The Balaban J connectivity index is 2.16. The van der Waals surface area contributed by atoms with Crippen LogP contribution in [0.1, 0.15) is 5.56 Å². The molecule has 4 heteroatoms. The summed E-state index contributed by atoms with van der Waals surface area (Å²) in [6, 6.07) is 10.9. The highest BCUT2D eigenvalue weighted by molar-refractivity contribution is 5.65. The molecule has 2 nitrogen and oxygen atoms in total. The summed E-state index contributed by atoms with van der Waals surface area (Å²) in [6.07, 6.45) is 0. The van der Waals surface area contributed by atoms with Gasteiger partial charge in [-0.2, -0.15) is 0 Å². The number of rotatable bonds is 3. The lowest BCUT2D eigenvalue weighted by Gasteiger charge is -2.10. The number of nitrogens with two attached hydrogens (primary N) is 1. The molecule has 2 rings (SSSR count). The average molecular weight is 234 g/mol. The molecule has 0 aromatic heterocycles. The van der Waals surface area contributed by atoms with Gasteiger partial charge in [0.1, 0.15) is 11.6 Å². The van der Waals surface area contributed by atoms with E-state index in [1.165, 1.54) is 18.2 Å². The molecule has 0 aliphatic heterocycles. The molecule has 2 aromatic rings. The molecule has 17 heavy (non-hydrogen) atoms. The van der Waals surface area contributed by atoms with Gasteiger partial charge in [-0.1, -0.05) is 18.2 Å². The van der Waals surface area contributed by atoms with Crippen LogP contribution in [0.25, 0.3) is 0 Å². The molecule has 3 N–H and O–H groups in total. The number of halogens is 2. The largest absolute Gasteiger partial charge is 0.397 e. The SMILES string of the molecule is Nc1ccccc1NCc1c(F)cccc1F. The normalized spacial score (nSPS) is 10.2. The van der Waals surface area contributed by atoms with Crippen LogP contribution in [0.3, 0.4) is 0 Å². The number of para-hydroxylation sites is 2. The van der Waals surface area contributed by atoms with Gasteiger partial charge in [-0.3, -0.25) is 0 Å². The minimum absolute atomic E-state index is 0.00996. The number of hydrogen-bond acceptors (Lipinski definition) is 2. The Hall–Kier alpha value is -2.10. The third-order valence-electron chi connectivity index (χ3n) is 2.48. The van der Waals surface area contributed by atoms with Crippen LogP contribution in [0.2, 0.25) is 0 Å². The van der Waals surface area contributed by atoms with E-state index in [2.05, 4.69) is 5.32 Å². The van der Waals surface area contributed by atoms with Gasteiger partial charge in [-0.15, -0.1) is 0 Å². The summed E-state index contributed by atoms with van der Waals surface area (Å²) >= 11 is 0. The first-order valence-corrected chi connectivity index (χ1v) is 5.20. The number of nitrogen functional groups attached to an aromatic ring is 1. The highest BCUT2D eigenvalue weighted by Crippen LogP contribution is 2.19. The molecular formula is C13H12F2N2. The third kappa shape index (κ3) is 2.53. The quantitative estimate of drug-likeness (QED) is 0.800. The van der Waals surface area contributed by atoms with Gasteiger partial charge >= 0.3 is 0 Å². The smallest absolute Gasteiger partial charge is 0.131 e. The maximum absolute atomic E-state index is 13.3. The second-order valence-corrected chi connectivity index (χ2v) is 3.64. The molecule has 0 radical (unpaired) electrons. The first-order valence-electron chi connectivity index (χ1n) is 5.20. The minimum atomic E-state index is -0.563. The van der Waals surface area contributed by atoms with E-state index in [0.29, 0.717) is 11.4 Å². The Morgan fingerprint density at radius 1 is 0.941 bits per heavy atom. The number of nitrogens with one attached hydrogen (secondary N) is 1. The highest BCUT2D eigenvalue weighted by Gasteiger charge is 2.08. The maximum Gasteiger partial charge on any atom is 0.131 e. The number of hydrogen-bond donors (Lipinski definition) is 2. The minimum Gasteiger partial charge on any atom is -0.397 e. The van der Waals surface area contributed by atoms with Crippen molar-refractivity contribution in [3.63, 3.8) is 0 Å². The van der Waals surface area contributed by atoms with Crippen LogP contribution >= 0.6 is 0 Å². The van der Waals surface area contributed by atoms with E-state index in [4.69, 9.17) is 5.73 Å². The molecule has 0 spiro atoms. The molecule has 2 aromatic carbocycles. The molecule has 0 aliphatic rings. The second-order valence-electron chi connectivity index (χ2n) is 3.64. The lowest BCUT2D eigenvalue weighted by molar-refractivity contribution is 0.560. The van der Waals surface area contributed by atoms with Crippen molar-refractivity contribution in [3.05, 3.63) is 59.7 Å². The van der Waals surface area contributed by atoms with Gasteiger partial charge in [0.15, 0.2) is 0 Å². The van der Waals surface area contributed by atoms with E-state index < -0.39 is 11.6 Å². The average Bonchev–Trinajstić information content (AvgIpc) is 2.30. The van der Waals surface area contributed by atoms with E-state index in [1.54, 1.807) is 24.3 Å². The molecular weight excluding hydrogens is 222 g/mol. The van der Waals surface area contributed by atoms with Gasteiger partial charge in [0, 0.05) is 12.1 Å². The van der Waals surface area contributed by atoms with E-state index >= 15 is 0 Å². The van der Waals surface area contributed by atoms with E-state index in [9.17, 15) is 8.78 Å². The summed E-state index contributed by atoms with van der Waals surface area (Å²) < 4.78 is 26.7. The Morgan fingerprint density at radius 3 is 2.24 bits per heavy atom. The lowest BCUT2D eigenvalue weighted by Crippen LogP contribution is -2.06. The molecule has 0 bridgehead atoms. The van der Waals surface area contributed by atoms with Crippen LogP contribution in [0.15, 0.2) is 42.5 Å². The van der Waals surface area contributed by atoms with Gasteiger partial charge in [0.05, 0.1) is 11.4 Å². The number of anilines is 2. The van der Waals surface area contributed by atoms with Gasteiger partial charge in [0.2, 0.25) is 0 Å². The summed E-state index contributed by atoms with van der Waals surface area (Å²) in [5, 5.41) is 2.91. The molecule has 0 aliphatic carbocycles. The third-order valence-corrected chi connectivity index (χ3v) is 2.48. The van der Waals surface area contributed by atoms with Gasteiger partial charge in [-0.05, 0) is 24.3 Å². The molecule has 0 amide bonds. The fraction of sp³-hybridized carbons (Fsp3) is 0.0769. The summed E-state index contributed by atoms with van der Waals surface area (Å²) in [7, 11) is 0. The molecule has 0 fully saturated rings. The van der Waals surface area contributed by atoms with Crippen LogP contribution in [-0.4, -0.2) is 0 Å². The molecule has 0 saturated carbocycles.